The molecule has 6 nitrogen and oxygen atoms in total. The molecule has 2 aromatic heterocycles. The number of esters is 2. The topological polar surface area (TPSA) is 86.7 Å². The van der Waals surface area contributed by atoms with E-state index in [2.05, 4.69) is 0 Å². The lowest BCUT2D eigenvalue weighted by Crippen LogP contribution is -2.13. The van der Waals surface area contributed by atoms with Crippen LogP contribution in [0.1, 0.15) is 65.0 Å². The van der Waals surface area contributed by atoms with E-state index in [4.69, 9.17) is 21.7 Å². The fraction of sp³-hybridized carbons (Fsp3) is 0.148. The Morgan fingerprint density at radius 3 is 1.78 bits per heavy atom. The zero-order valence-electron chi connectivity index (χ0n) is 19.4. The number of benzene rings is 2. The van der Waals surface area contributed by atoms with E-state index >= 15 is 0 Å². The molecule has 182 valence electrons. The largest absolute Gasteiger partial charge is 0.462 e. The van der Waals surface area contributed by atoms with E-state index < -0.39 is 17.7 Å². The van der Waals surface area contributed by atoms with Crippen LogP contribution in [0.25, 0.3) is 10.1 Å². The van der Waals surface area contributed by atoms with Gasteiger partial charge in [0.1, 0.15) is 14.3 Å². The van der Waals surface area contributed by atoms with Gasteiger partial charge in [-0.05, 0) is 13.8 Å². The molecule has 0 saturated carbocycles. The van der Waals surface area contributed by atoms with Crippen LogP contribution in [-0.2, 0) is 9.47 Å². The molecule has 0 radical (unpaired) electrons. The Morgan fingerprint density at radius 2 is 1.22 bits per heavy atom. The molecule has 36 heavy (non-hydrogen) atoms. The highest BCUT2D eigenvalue weighted by Crippen LogP contribution is 2.41. The van der Waals surface area contributed by atoms with E-state index in [1.807, 2.05) is 0 Å². The zero-order chi connectivity index (χ0) is 25.8. The van der Waals surface area contributed by atoms with Crippen LogP contribution in [0, 0.1) is 3.82 Å². The number of ether oxygens (including phenoxy) is 2. The van der Waals surface area contributed by atoms with Crippen molar-refractivity contribution in [2.45, 2.75) is 13.8 Å². The quantitative estimate of drug-likeness (QED) is 0.144. The Kier molecular flexibility index (Phi) is 7.83. The number of hydrogen-bond donors (Lipinski definition) is 0. The Bertz CT molecular complexity index is 1530. The smallest absolute Gasteiger partial charge is 0.349 e. The second-order valence-corrected chi connectivity index (χ2v) is 10.1. The first kappa shape index (κ1) is 25.6. The summed E-state index contributed by atoms with van der Waals surface area (Å²) in [6.07, 6.45) is 0. The van der Waals surface area contributed by atoms with Crippen molar-refractivity contribution < 1.29 is 28.7 Å². The predicted molar refractivity (Wildman–Crippen MR) is 142 cm³/mol. The molecule has 2 heterocycles. The third-order valence-corrected chi connectivity index (χ3v) is 7.83. The second-order valence-electron chi connectivity index (χ2n) is 7.44. The lowest BCUT2D eigenvalue weighted by atomic mass is 9.97. The number of fused-ring (bicyclic) bond motifs is 1. The summed E-state index contributed by atoms with van der Waals surface area (Å²) in [4.78, 5) is 53.4. The van der Waals surface area contributed by atoms with E-state index in [-0.39, 0.29) is 53.8 Å². The van der Waals surface area contributed by atoms with Gasteiger partial charge in [0.15, 0.2) is 5.78 Å². The average Bonchev–Trinajstić information content (AvgIpc) is 3.30. The summed E-state index contributed by atoms with van der Waals surface area (Å²) in [5.41, 5.74) is 0.801. The van der Waals surface area contributed by atoms with Crippen LogP contribution in [0.15, 0.2) is 60.7 Å². The predicted octanol–water partition coefficient (Wildman–Crippen LogP) is 6.51. The third-order valence-electron chi connectivity index (χ3n) is 5.21. The summed E-state index contributed by atoms with van der Waals surface area (Å²) in [6, 6.07) is 17.1. The number of hydrogen-bond acceptors (Lipinski definition) is 9. The molecule has 0 bridgehead atoms. The first-order valence-electron chi connectivity index (χ1n) is 11.1. The Balaban J connectivity index is 2.11. The van der Waals surface area contributed by atoms with Crippen molar-refractivity contribution in [1.82, 2.24) is 0 Å². The summed E-state index contributed by atoms with van der Waals surface area (Å²) in [5.74, 6) is -2.27. The molecule has 0 spiro atoms. The van der Waals surface area contributed by atoms with Crippen molar-refractivity contribution in [3.05, 3.63) is 96.5 Å². The fourth-order valence-electron chi connectivity index (χ4n) is 3.66. The summed E-state index contributed by atoms with van der Waals surface area (Å²) in [6.45, 7) is 3.46. The maximum absolute atomic E-state index is 13.8. The van der Waals surface area contributed by atoms with Gasteiger partial charge < -0.3 is 9.47 Å². The van der Waals surface area contributed by atoms with Crippen molar-refractivity contribution in [2.24, 2.45) is 0 Å². The van der Waals surface area contributed by atoms with Gasteiger partial charge in [0.2, 0.25) is 5.78 Å². The van der Waals surface area contributed by atoms with Gasteiger partial charge in [-0.25, -0.2) is 9.59 Å². The van der Waals surface area contributed by atoms with Crippen LogP contribution in [-0.4, -0.2) is 36.7 Å². The molecule has 0 amide bonds. The van der Waals surface area contributed by atoms with E-state index in [0.717, 1.165) is 22.7 Å². The number of rotatable bonds is 8. The molecule has 9 heteroatoms. The van der Waals surface area contributed by atoms with Crippen LogP contribution >= 0.6 is 34.9 Å². The van der Waals surface area contributed by atoms with E-state index in [1.165, 1.54) is 0 Å². The van der Waals surface area contributed by atoms with Crippen molar-refractivity contribution in [3.63, 3.8) is 0 Å². The SMILES string of the molecule is CCOC(=O)c1sc(=S)c2c(C(=O)c3ccccc3)c(C(=O)c3ccccc3)sc2c1C(=O)OCC. The highest BCUT2D eigenvalue weighted by atomic mass is 32.1. The molecule has 0 aliphatic rings. The first-order chi connectivity index (χ1) is 17.4. The summed E-state index contributed by atoms with van der Waals surface area (Å²) in [7, 11) is 0. The molecule has 0 fully saturated rings. The van der Waals surface area contributed by atoms with Crippen molar-refractivity contribution in [3.8, 4) is 0 Å². The second kappa shape index (κ2) is 11.0. The molecular formula is C27H20O6S3. The molecule has 0 N–H and O–H groups in total. The van der Waals surface area contributed by atoms with Crippen LogP contribution in [0.4, 0.5) is 0 Å². The number of carbonyl (C=O) groups excluding carboxylic acids is 4. The summed E-state index contributed by atoms with van der Waals surface area (Å²) >= 11 is 7.45. The summed E-state index contributed by atoms with van der Waals surface area (Å²) < 4.78 is 10.9. The van der Waals surface area contributed by atoms with E-state index in [1.54, 1.807) is 74.5 Å². The Hall–Kier alpha value is -3.53. The minimum absolute atomic E-state index is 0.0218. The molecule has 4 rings (SSSR count). The van der Waals surface area contributed by atoms with E-state index in [9.17, 15) is 19.2 Å². The monoisotopic (exact) mass is 536 g/mol. The van der Waals surface area contributed by atoms with Crippen LogP contribution in [0.5, 0.6) is 0 Å². The molecule has 0 unspecified atom stereocenters. The maximum Gasteiger partial charge on any atom is 0.349 e. The highest BCUT2D eigenvalue weighted by Gasteiger charge is 2.32. The van der Waals surface area contributed by atoms with Crippen molar-refractivity contribution >= 4 is 68.5 Å². The van der Waals surface area contributed by atoms with Crippen LogP contribution in [0.2, 0.25) is 0 Å². The van der Waals surface area contributed by atoms with Crippen LogP contribution < -0.4 is 0 Å². The number of ketones is 2. The molecular weight excluding hydrogens is 516 g/mol. The molecule has 0 aliphatic heterocycles. The first-order valence-corrected chi connectivity index (χ1v) is 13.1. The van der Waals surface area contributed by atoms with Gasteiger partial charge in [0.25, 0.3) is 0 Å². The van der Waals surface area contributed by atoms with E-state index in [0.29, 0.717) is 11.1 Å². The van der Waals surface area contributed by atoms with Gasteiger partial charge in [-0.2, -0.15) is 0 Å². The average molecular weight is 537 g/mol. The minimum atomic E-state index is -0.754. The lowest BCUT2D eigenvalue weighted by Gasteiger charge is -2.09. The summed E-state index contributed by atoms with van der Waals surface area (Å²) in [5, 5.41) is 0.282. The van der Waals surface area contributed by atoms with Gasteiger partial charge >= 0.3 is 11.9 Å². The molecule has 2 aromatic carbocycles. The van der Waals surface area contributed by atoms with Crippen molar-refractivity contribution in [2.75, 3.05) is 13.2 Å². The molecule has 0 saturated heterocycles. The number of carbonyl (C=O) groups is 4. The zero-order valence-corrected chi connectivity index (χ0v) is 21.8. The van der Waals surface area contributed by atoms with Gasteiger partial charge in [0, 0.05) is 16.5 Å². The maximum atomic E-state index is 13.8. The van der Waals surface area contributed by atoms with Gasteiger partial charge in [-0.1, -0.05) is 72.9 Å². The Labute approximate surface area is 220 Å². The standard InChI is InChI=1S/C27H20O6S3/c1-3-32-25(30)19-22-18(27(34)36-24(19)26(31)33-4-2)17(20(28)15-11-7-5-8-12-15)23(35-22)21(29)16-13-9-6-10-14-16/h5-14H,3-4H2,1-2H3. The third kappa shape index (κ3) is 4.77. The molecule has 0 atom stereocenters. The van der Waals surface area contributed by atoms with Gasteiger partial charge in [-0.15, -0.1) is 22.7 Å². The minimum Gasteiger partial charge on any atom is -0.462 e. The lowest BCUT2D eigenvalue weighted by molar-refractivity contribution is 0.0485. The molecule has 0 aliphatic carbocycles. The normalized spacial score (nSPS) is 10.7. The highest BCUT2D eigenvalue weighted by molar-refractivity contribution is 7.74. The molecule has 4 aromatic rings. The Morgan fingerprint density at radius 1 is 0.694 bits per heavy atom. The van der Waals surface area contributed by atoms with Gasteiger partial charge in [0.05, 0.1) is 28.4 Å². The van der Waals surface area contributed by atoms with Crippen LogP contribution in [0.3, 0.4) is 0 Å². The van der Waals surface area contributed by atoms with Crippen molar-refractivity contribution in [1.29, 1.82) is 0 Å². The number of thiophene rings is 1. The fourth-order valence-corrected chi connectivity index (χ4v) is 6.53. The van der Waals surface area contributed by atoms with Gasteiger partial charge in [-0.3, -0.25) is 9.59 Å².